The maximum absolute atomic E-state index is 14.7. The number of anilines is 2. The Morgan fingerprint density at radius 1 is 1.08 bits per heavy atom. The van der Waals surface area contributed by atoms with Crippen molar-refractivity contribution in [2.24, 2.45) is 0 Å². The van der Waals surface area contributed by atoms with Crippen molar-refractivity contribution in [1.82, 2.24) is 25.4 Å². The molecule has 0 spiro atoms. The van der Waals surface area contributed by atoms with Crippen LogP contribution < -0.4 is 11.1 Å². The number of nitrogens with two attached hydrogens (primary N) is 1. The number of nitrogens with one attached hydrogen (secondary N) is 3. The van der Waals surface area contributed by atoms with E-state index in [1.165, 1.54) is 6.07 Å². The van der Waals surface area contributed by atoms with Crippen LogP contribution in [0.5, 0.6) is 0 Å². The fourth-order valence-corrected chi connectivity index (χ4v) is 2.62. The van der Waals surface area contributed by atoms with Crippen LogP contribution >= 0.6 is 0 Å². The lowest BCUT2D eigenvalue weighted by Crippen LogP contribution is -2.04. The molecule has 0 atom stereocenters. The Kier molecular flexibility index (Phi) is 3.34. The predicted molar refractivity (Wildman–Crippen MR) is 89.6 cm³/mol. The average Bonchev–Trinajstić information content (AvgIpc) is 3.25. The number of hydrogen-bond donors (Lipinski definition) is 4. The first-order valence-corrected chi connectivity index (χ1v) is 7.33. The second kappa shape index (κ2) is 5.65. The molecule has 0 radical (unpaired) electrons. The summed E-state index contributed by atoms with van der Waals surface area (Å²) in [5.41, 5.74) is 9.01. The summed E-state index contributed by atoms with van der Waals surface area (Å²) in [7, 11) is 0. The first-order chi connectivity index (χ1) is 11.7. The zero-order valence-corrected chi connectivity index (χ0v) is 12.5. The SMILES string of the molecule is Nc1cc(NCc2cc[nH]n2)c2c(F)cc(-c3cc[nH]n3)cc2n1. The number of pyridine rings is 1. The van der Waals surface area contributed by atoms with Crippen LogP contribution in [-0.4, -0.2) is 25.4 Å². The lowest BCUT2D eigenvalue weighted by molar-refractivity contribution is 0.640. The molecule has 3 heterocycles. The van der Waals surface area contributed by atoms with Crippen LogP contribution in [0.15, 0.2) is 42.7 Å². The summed E-state index contributed by atoms with van der Waals surface area (Å²) >= 11 is 0. The summed E-state index contributed by atoms with van der Waals surface area (Å²) in [5.74, 6) is -0.0758. The third kappa shape index (κ3) is 2.54. The maximum Gasteiger partial charge on any atom is 0.135 e. The molecule has 0 amide bonds. The van der Waals surface area contributed by atoms with Gasteiger partial charge in [-0.3, -0.25) is 10.2 Å². The van der Waals surface area contributed by atoms with E-state index in [1.54, 1.807) is 30.6 Å². The Morgan fingerprint density at radius 3 is 2.67 bits per heavy atom. The Bertz CT molecular complexity index is 978. The summed E-state index contributed by atoms with van der Waals surface area (Å²) in [6.45, 7) is 0.447. The average molecular weight is 323 g/mol. The number of aromatic amines is 2. The smallest absolute Gasteiger partial charge is 0.135 e. The number of halogens is 1. The molecular formula is C16H14FN7. The van der Waals surface area contributed by atoms with Crippen molar-refractivity contribution in [2.75, 3.05) is 11.1 Å². The van der Waals surface area contributed by atoms with Crippen LogP contribution in [0.1, 0.15) is 5.69 Å². The van der Waals surface area contributed by atoms with Gasteiger partial charge in [-0.2, -0.15) is 10.2 Å². The highest BCUT2D eigenvalue weighted by Gasteiger charge is 2.13. The summed E-state index contributed by atoms with van der Waals surface area (Å²) in [4.78, 5) is 4.25. The lowest BCUT2D eigenvalue weighted by Gasteiger charge is -2.11. The zero-order valence-electron chi connectivity index (χ0n) is 12.5. The van der Waals surface area contributed by atoms with E-state index in [1.807, 2.05) is 6.07 Å². The van der Waals surface area contributed by atoms with E-state index in [-0.39, 0.29) is 5.82 Å². The monoisotopic (exact) mass is 323 g/mol. The minimum atomic E-state index is -0.387. The van der Waals surface area contributed by atoms with Gasteiger partial charge < -0.3 is 11.1 Å². The number of rotatable bonds is 4. The van der Waals surface area contributed by atoms with Crippen LogP contribution in [0.3, 0.4) is 0 Å². The topological polar surface area (TPSA) is 108 Å². The Labute approximate surface area is 136 Å². The van der Waals surface area contributed by atoms with Gasteiger partial charge >= 0.3 is 0 Å². The maximum atomic E-state index is 14.7. The number of aromatic nitrogens is 5. The summed E-state index contributed by atoms with van der Waals surface area (Å²) in [5, 5.41) is 17.1. The molecule has 0 aliphatic carbocycles. The van der Waals surface area contributed by atoms with E-state index in [9.17, 15) is 4.39 Å². The summed E-state index contributed by atoms with van der Waals surface area (Å²) in [6, 6.07) is 8.43. The number of benzene rings is 1. The van der Waals surface area contributed by atoms with Crippen LogP contribution in [0.4, 0.5) is 15.9 Å². The van der Waals surface area contributed by atoms with Gasteiger partial charge in [-0.25, -0.2) is 9.37 Å². The van der Waals surface area contributed by atoms with Crippen molar-refractivity contribution < 1.29 is 4.39 Å². The van der Waals surface area contributed by atoms with Crippen molar-refractivity contribution in [3.05, 3.63) is 54.2 Å². The molecule has 3 aromatic heterocycles. The van der Waals surface area contributed by atoms with Gasteiger partial charge in [-0.15, -0.1) is 0 Å². The highest BCUT2D eigenvalue weighted by Crippen LogP contribution is 2.31. The molecule has 0 aliphatic rings. The molecule has 7 nitrogen and oxygen atoms in total. The number of H-pyrrole nitrogens is 2. The third-order valence-corrected chi connectivity index (χ3v) is 3.70. The molecular weight excluding hydrogens is 309 g/mol. The van der Waals surface area contributed by atoms with Crippen LogP contribution in [0.2, 0.25) is 0 Å². The van der Waals surface area contributed by atoms with E-state index in [2.05, 4.69) is 30.7 Å². The minimum Gasteiger partial charge on any atom is -0.384 e. The van der Waals surface area contributed by atoms with Gasteiger partial charge in [0.05, 0.1) is 34.5 Å². The van der Waals surface area contributed by atoms with Crippen molar-refractivity contribution in [3.8, 4) is 11.3 Å². The molecule has 120 valence electrons. The first-order valence-electron chi connectivity index (χ1n) is 7.33. The molecule has 8 heteroatoms. The molecule has 4 aromatic rings. The molecule has 0 saturated heterocycles. The van der Waals surface area contributed by atoms with Crippen molar-refractivity contribution in [3.63, 3.8) is 0 Å². The molecule has 0 fully saturated rings. The third-order valence-electron chi connectivity index (χ3n) is 3.70. The second-order valence-corrected chi connectivity index (χ2v) is 5.33. The molecule has 5 N–H and O–H groups in total. The molecule has 0 aliphatic heterocycles. The number of nitrogen functional groups attached to an aromatic ring is 1. The minimum absolute atomic E-state index is 0.311. The van der Waals surface area contributed by atoms with E-state index >= 15 is 0 Å². The van der Waals surface area contributed by atoms with Gasteiger partial charge in [0, 0.05) is 24.0 Å². The largest absolute Gasteiger partial charge is 0.384 e. The Balaban J connectivity index is 1.79. The number of hydrogen-bond acceptors (Lipinski definition) is 5. The Morgan fingerprint density at radius 2 is 1.92 bits per heavy atom. The lowest BCUT2D eigenvalue weighted by atomic mass is 10.1. The number of nitrogens with zero attached hydrogens (tertiary/aromatic N) is 3. The molecule has 24 heavy (non-hydrogen) atoms. The highest BCUT2D eigenvalue weighted by molar-refractivity contribution is 5.95. The van der Waals surface area contributed by atoms with Crippen molar-refractivity contribution in [1.29, 1.82) is 0 Å². The van der Waals surface area contributed by atoms with E-state index in [0.717, 1.165) is 5.69 Å². The van der Waals surface area contributed by atoms with Gasteiger partial charge in [0.1, 0.15) is 11.6 Å². The normalized spacial score (nSPS) is 11.0. The quantitative estimate of drug-likeness (QED) is 0.462. The second-order valence-electron chi connectivity index (χ2n) is 5.33. The Hall–Kier alpha value is -3.42. The zero-order chi connectivity index (χ0) is 16.5. The first kappa shape index (κ1) is 14.2. The standard InChI is InChI=1S/C16H14FN7/c17-11-5-9(12-2-4-21-24-12)6-14-16(11)13(7-15(18)22-14)19-8-10-1-3-20-23-10/h1-7H,8H2,(H,20,23)(H,21,24)(H3,18,19,22). The van der Waals surface area contributed by atoms with Gasteiger partial charge in [0.15, 0.2) is 0 Å². The number of fused-ring (bicyclic) bond motifs is 1. The van der Waals surface area contributed by atoms with E-state index in [0.29, 0.717) is 40.2 Å². The van der Waals surface area contributed by atoms with Gasteiger partial charge in [-0.1, -0.05) is 0 Å². The molecule has 0 bridgehead atoms. The molecule has 4 rings (SSSR count). The molecule has 0 unspecified atom stereocenters. The predicted octanol–water partition coefficient (Wildman–Crippen LogP) is 2.68. The van der Waals surface area contributed by atoms with Gasteiger partial charge in [-0.05, 0) is 24.3 Å². The van der Waals surface area contributed by atoms with E-state index < -0.39 is 0 Å². The summed E-state index contributed by atoms with van der Waals surface area (Å²) < 4.78 is 14.7. The fourth-order valence-electron chi connectivity index (χ4n) is 2.62. The van der Waals surface area contributed by atoms with Crippen molar-refractivity contribution >= 4 is 22.4 Å². The highest BCUT2D eigenvalue weighted by atomic mass is 19.1. The van der Waals surface area contributed by atoms with Crippen LogP contribution in [0, 0.1) is 5.82 Å². The molecule has 1 aromatic carbocycles. The van der Waals surface area contributed by atoms with Crippen LogP contribution in [-0.2, 0) is 6.54 Å². The summed E-state index contributed by atoms with van der Waals surface area (Å²) in [6.07, 6.45) is 3.41. The van der Waals surface area contributed by atoms with Gasteiger partial charge in [0.25, 0.3) is 0 Å². The van der Waals surface area contributed by atoms with Crippen LogP contribution in [0.25, 0.3) is 22.2 Å². The van der Waals surface area contributed by atoms with E-state index in [4.69, 9.17) is 5.73 Å². The van der Waals surface area contributed by atoms with Crippen molar-refractivity contribution in [2.45, 2.75) is 6.54 Å². The van der Waals surface area contributed by atoms with Gasteiger partial charge in [0.2, 0.25) is 0 Å². The fraction of sp³-hybridized carbons (Fsp3) is 0.0625. The molecule has 0 saturated carbocycles.